The number of benzene rings is 2. The highest BCUT2D eigenvalue weighted by molar-refractivity contribution is 5.87. The van der Waals surface area contributed by atoms with Gasteiger partial charge in [-0.25, -0.2) is 4.98 Å². The predicted octanol–water partition coefficient (Wildman–Crippen LogP) is 4.94. The van der Waals surface area contributed by atoms with Gasteiger partial charge in [-0.15, -0.1) is 0 Å². The molecule has 0 aliphatic heterocycles. The summed E-state index contributed by atoms with van der Waals surface area (Å²) in [5.74, 6) is 1.41. The van der Waals surface area contributed by atoms with E-state index in [0.717, 1.165) is 27.9 Å². The van der Waals surface area contributed by atoms with Gasteiger partial charge in [0.15, 0.2) is 0 Å². The highest BCUT2D eigenvalue weighted by Gasteiger charge is 2.08. The van der Waals surface area contributed by atoms with Crippen LogP contribution in [0.5, 0.6) is 5.75 Å². The van der Waals surface area contributed by atoms with Gasteiger partial charge in [0.1, 0.15) is 5.75 Å². The predicted molar refractivity (Wildman–Crippen MR) is 87.5 cm³/mol. The van der Waals surface area contributed by atoms with Crippen molar-refractivity contribution >= 4 is 10.9 Å². The smallest absolute Gasteiger partial charge is 0.130 e. The van der Waals surface area contributed by atoms with Gasteiger partial charge in [-0.2, -0.15) is 0 Å². The monoisotopic (exact) mass is 277 g/mol. The van der Waals surface area contributed by atoms with Gasteiger partial charge in [0.2, 0.25) is 0 Å². The highest BCUT2D eigenvalue weighted by atomic mass is 16.5. The standard InChI is InChI=1S/C19H19NO/c1-14(2)13-21-19-12-18(15-8-4-3-5-9-15)20-17-11-7-6-10-16(17)19/h3-12,14H,13H2,1-2H3. The highest BCUT2D eigenvalue weighted by Crippen LogP contribution is 2.30. The number of nitrogens with zero attached hydrogens (tertiary/aromatic N) is 1. The second-order valence-electron chi connectivity index (χ2n) is 5.59. The summed E-state index contributed by atoms with van der Waals surface area (Å²) in [4.78, 5) is 4.75. The summed E-state index contributed by atoms with van der Waals surface area (Å²) in [6.45, 7) is 5.02. The van der Waals surface area contributed by atoms with E-state index in [2.05, 4.69) is 32.0 Å². The minimum Gasteiger partial charge on any atom is -0.493 e. The van der Waals surface area contributed by atoms with Crippen LogP contribution in [0.2, 0.25) is 0 Å². The number of para-hydroxylation sites is 1. The Kier molecular flexibility index (Phi) is 3.87. The molecule has 2 aromatic carbocycles. The summed E-state index contributed by atoms with van der Waals surface area (Å²) in [6, 6.07) is 20.4. The lowest BCUT2D eigenvalue weighted by atomic mass is 10.1. The molecule has 0 atom stereocenters. The van der Waals surface area contributed by atoms with Crippen molar-refractivity contribution in [1.29, 1.82) is 0 Å². The lowest BCUT2D eigenvalue weighted by Crippen LogP contribution is -2.05. The van der Waals surface area contributed by atoms with E-state index < -0.39 is 0 Å². The Morgan fingerprint density at radius 2 is 1.67 bits per heavy atom. The number of ether oxygens (including phenoxy) is 1. The van der Waals surface area contributed by atoms with Crippen LogP contribution < -0.4 is 4.74 Å². The molecule has 0 radical (unpaired) electrons. The number of aromatic nitrogens is 1. The number of rotatable bonds is 4. The molecule has 106 valence electrons. The van der Waals surface area contributed by atoms with E-state index in [4.69, 9.17) is 9.72 Å². The third-order valence-electron chi connectivity index (χ3n) is 3.32. The molecular weight excluding hydrogens is 258 g/mol. The molecule has 0 bridgehead atoms. The van der Waals surface area contributed by atoms with Crippen molar-refractivity contribution in [3.63, 3.8) is 0 Å². The SMILES string of the molecule is CC(C)COc1cc(-c2ccccc2)nc2ccccc12. The zero-order valence-corrected chi connectivity index (χ0v) is 12.4. The van der Waals surface area contributed by atoms with E-state index in [9.17, 15) is 0 Å². The summed E-state index contributed by atoms with van der Waals surface area (Å²) >= 11 is 0. The molecule has 3 rings (SSSR count). The van der Waals surface area contributed by atoms with Crippen molar-refractivity contribution in [3.8, 4) is 17.0 Å². The summed E-state index contributed by atoms with van der Waals surface area (Å²) in [5.41, 5.74) is 3.03. The molecule has 0 unspecified atom stereocenters. The van der Waals surface area contributed by atoms with Gasteiger partial charge < -0.3 is 4.74 Å². The minimum atomic E-state index is 0.497. The maximum absolute atomic E-state index is 6.00. The van der Waals surface area contributed by atoms with Gasteiger partial charge >= 0.3 is 0 Å². The summed E-state index contributed by atoms with van der Waals surface area (Å²) in [5, 5.41) is 1.07. The van der Waals surface area contributed by atoms with Gasteiger partial charge in [-0.3, -0.25) is 0 Å². The first kappa shape index (κ1) is 13.6. The van der Waals surface area contributed by atoms with Crippen molar-refractivity contribution in [2.45, 2.75) is 13.8 Å². The number of hydrogen-bond acceptors (Lipinski definition) is 2. The van der Waals surface area contributed by atoms with Crippen LogP contribution in [0, 0.1) is 5.92 Å². The molecule has 2 nitrogen and oxygen atoms in total. The third-order valence-corrected chi connectivity index (χ3v) is 3.32. The quantitative estimate of drug-likeness (QED) is 0.674. The minimum absolute atomic E-state index is 0.497. The topological polar surface area (TPSA) is 22.1 Å². The fourth-order valence-corrected chi connectivity index (χ4v) is 2.28. The first-order valence-corrected chi connectivity index (χ1v) is 7.32. The van der Waals surface area contributed by atoms with Crippen molar-refractivity contribution in [1.82, 2.24) is 4.98 Å². The van der Waals surface area contributed by atoms with Crippen molar-refractivity contribution in [2.24, 2.45) is 5.92 Å². The Bertz CT molecular complexity index is 735. The van der Waals surface area contributed by atoms with Gasteiger partial charge in [0, 0.05) is 17.0 Å². The van der Waals surface area contributed by atoms with Gasteiger partial charge in [-0.05, 0) is 18.1 Å². The molecule has 0 aliphatic rings. The van der Waals surface area contributed by atoms with Crippen LogP contribution in [-0.2, 0) is 0 Å². The van der Waals surface area contributed by atoms with E-state index in [1.807, 2.05) is 42.5 Å². The van der Waals surface area contributed by atoms with E-state index in [-0.39, 0.29) is 0 Å². The average Bonchev–Trinajstić information content (AvgIpc) is 2.53. The molecule has 0 spiro atoms. The molecule has 0 N–H and O–H groups in total. The zero-order valence-electron chi connectivity index (χ0n) is 12.4. The largest absolute Gasteiger partial charge is 0.493 e. The van der Waals surface area contributed by atoms with Crippen LogP contribution >= 0.6 is 0 Å². The number of hydrogen-bond donors (Lipinski definition) is 0. The lowest BCUT2D eigenvalue weighted by Gasteiger charge is -2.13. The zero-order chi connectivity index (χ0) is 14.7. The van der Waals surface area contributed by atoms with E-state index in [0.29, 0.717) is 12.5 Å². The van der Waals surface area contributed by atoms with Crippen LogP contribution in [0.3, 0.4) is 0 Å². The molecular formula is C19H19NO. The second-order valence-corrected chi connectivity index (χ2v) is 5.59. The lowest BCUT2D eigenvalue weighted by molar-refractivity contribution is 0.274. The number of fused-ring (bicyclic) bond motifs is 1. The molecule has 0 fully saturated rings. The van der Waals surface area contributed by atoms with Crippen LogP contribution in [-0.4, -0.2) is 11.6 Å². The van der Waals surface area contributed by atoms with Crippen LogP contribution in [0.4, 0.5) is 0 Å². The Morgan fingerprint density at radius 1 is 0.952 bits per heavy atom. The number of pyridine rings is 1. The van der Waals surface area contributed by atoms with Gasteiger partial charge in [-0.1, -0.05) is 56.3 Å². The van der Waals surface area contributed by atoms with Crippen molar-refractivity contribution in [2.75, 3.05) is 6.61 Å². The molecule has 3 aromatic rings. The molecule has 1 aromatic heterocycles. The second kappa shape index (κ2) is 5.96. The Morgan fingerprint density at radius 3 is 2.43 bits per heavy atom. The van der Waals surface area contributed by atoms with Crippen LogP contribution in [0.1, 0.15) is 13.8 Å². The summed E-state index contributed by atoms with van der Waals surface area (Å²) < 4.78 is 6.00. The maximum atomic E-state index is 6.00. The average molecular weight is 277 g/mol. The first-order chi connectivity index (χ1) is 10.2. The van der Waals surface area contributed by atoms with Gasteiger partial charge in [0.25, 0.3) is 0 Å². The first-order valence-electron chi connectivity index (χ1n) is 7.32. The summed E-state index contributed by atoms with van der Waals surface area (Å²) in [6.07, 6.45) is 0. The van der Waals surface area contributed by atoms with Crippen molar-refractivity contribution < 1.29 is 4.74 Å². The fourth-order valence-electron chi connectivity index (χ4n) is 2.28. The molecule has 1 heterocycles. The van der Waals surface area contributed by atoms with Crippen LogP contribution in [0.25, 0.3) is 22.2 Å². The normalized spacial score (nSPS) is 11.0. The molecule has 0 aliphatic carbocycles. The third kappa shape index (κ3) is 3.05. The maximum Gasteiger partial charge on any atom is 0.130 e. The van der Waals surface area contributed by atoms with Gasteiger partial charge in [0.05, 0.1) is 17.8 Å². The molecule has 0 saturated heterocycles. The molecule has 2 heteroatoms. The molecule has 0 saturated carbocycles. The van der Waals surface area contributed by atoms with E-state index in [1.54, 1.807) is 0 Å². The Labute approximate surface area is 125 Å². The van der Waals surface area contributed by atoms with E-state index in [1.165, 1.54) is 0 Å². The summed E-state index contributed by atoms with van der Waals surface area (Å²) in [7, 11) is 0. The molecule has 21 heavy (non-hydrogen) atoms. The van der Waals surface area contributed by atoms with Crippen LogP contribution in [0.15, 0.2) is 60.7 Å². The molecule has 0 amide bonds. The fraction of sp³-hybridized carbons (Fsp3) is 0.211. The van der Waals surface area contributed by atoms with Crippen molar-refractivity contribution in [3.05, 3.63) is 60.7 Å². The van der Waals surface area contributed by atoms with E-state index >= 15 is 0 Å². The Balaban J connectivity index is 2.10. The Hall–Kier alpha value is -2.35.